The number of rotatable bonds is 53. The van der Waals surface area contributed by atoms with Gasteiger partial charge in [0.15, 0.2) is 6.29 Å². The molecule has 1 saturated heterocycles. The monoisotopic (exact) mass is 1050 g/mol. The molecule has 0 bridgehead atoms. The summed E-state index contributed by atoms with van der Waals surface area (Å²) in [4.78, 5) is 13.2. The summed E-state index contributed by atoms with van der Waals surface area (Å²) in [6, 6.07) is -1.20. The molecule has 1 aliphatic rings. The Kier molecular flexibility index (Phi) is 49.1. The minimum absolute atomic E-state index is 0.239. The van der Waals surface area contributed by atoms with Crippen molar-refractivity contribution >= 4 is 5.91 Å². The highest BCUT2D eigenvalue weighted by Crippen LogP contribution is 2.23. The van der Waals surface area contributed by atoms with Gasteiger partial charge in [0.2, 0.25) is 5.91 Å². The van der Waals surface area contributed by atoms with Gasteiger partial charge in [-0.05, 0) is 89.9 Å². The molecule has 0 aromatic rings. The summed E-state index contributed by atoms with van der Waals surface area (Å²) in [6.07, 6.45) is 54.6. The highest BCUT2D eigenvalue weighted by molar-refractivity contribution is 5.80. The number of carbonyl (C=O) groups is 1. The van der Waals surface area contributed by atoms with Gasteiger partial charge < -0.3 is 50.5 Å². The number of hydrogen-bond acceptors (Lipinski definition) is 10. The van der Waals surface area contributed by atoms with Crippen LogP contribution in [0.25, 0.3) is 0 Å². The van der Waals surface area contributed by atoms with Crippen molar-refractivity contribution in [3.8, 4) is 0 Å². The van der Waals surface area contributed by atoms with Crippen molar-refractivity contribution < 1.29 is 50.0 Å². The van der Waals surface area contributed by atoms with Gasteiger partial charge in [0, 0.05) is 0 Å². The molecule has 11 nitrogen and oxygen atoms in total. The van der Waals surface area contributed by atoms with Crippen LogP contribution >= 0.6 is 0 Å². The van der Waals surface area contributed by atoms with E-state index in [2.05, 4.69) is 67.8 Å². The van der Waals surface area contributed by atoms with Crippen LogP contribution in [0.3, 0.4) is 0 Å². The largest absolute Gasteiger partial charge is 0.394 e. The van der Waals surface area contributed by atoms with Gasteiger partial charge in [-0.3, -0.25) is 4.79 Å². The number of unbranched alkanes of at least 4 members (excludes halogenated alkanes) is 33. The fourth-order valence-electron chi connectivity index (χ4n) is 9.76. The molecule has 1 rings (SSSR count). The molecule has 1 aliphatic heterocycles. The van der Waals surface area contributed by atoms with E-state index in [0.29, 0.717) is 19.3 Å². The zero-order valence-corrected chi connectivity index (χ0v) is 47.6. The lowest BCUT2D eigenvalue weighted by molar-refractivity contribution is -0.303. The third-order valence-corrected chi connectivity index (χ3v) is 14.8. The number of ether oxygens (including phenoxy) is 2. The summed E-state index contributed by atoms with van der Waals surface area (Å²) in [5.74, 6) is -0.716. The Morgan fingerprint density at radius 1 is 0.459 bits per heavy atom. The van der Waals surface area contributed by atoms with E-state index in [4.69, 9.17) is 9.47 Å². The topological polar surface area (TPSA) is 189 Å². The number of allylic oxidation sites excluding steroid dienone is 8. The smallest absolute Gasteiger partial charge is 0.249 e. The number of aliphatic hydroxyl groups is 7. The summed E-state index contributed by atoms with van der Waals surface area (Å²) in [5, 5.41) is 76.2. The Bertz CT molecular complexity index is 1340. The van der Waals surface area contributed by atoms with Gasteiger partial charge >= 0.3 is 0 Å². The lowest BCUT2D eigenvalue weighted by Gasteiger charge is -2.40. The van der Waals surface area contributed by atoms with Crippen LogP contribution in [0.4, 0.5) is 0 Å². The first kappa shape index (κ1) is 70.1. The van der Waals surface area contributed by atoms with E-state index in [-0.39, 0.29) is 12.8 Å². The summed E-state index contributed by atoms with van der Waals surface area (Å²) in [6.45, 7) is 3.46. The van der Waals surface area contributed by atoms with Crippen LogP contribution in [-0.4, -0.2) is 110 Å². The van der Waals surface area contributed by atoms with Crippen molar-refractivity contribution in [3.05, 3.63) is 48.6 Å². The predicted octanol–water partition coefficient (Wildman–Crippen LogP) is 13.6. The van der Waals surface area contributed by atoms with Crippen LogP contribution < -0.4 is 5.32 Å². The molecule has 0 spiro atoms. The predicted molar refractivity (Wildman–Crippen MR) is 307 cm³/mol. The molecule has 0 aromatic carbocycles. The van der Waals surface area contributed by atoms with E-state index >= 15 is 0 Å². The van der Waals surface area contributed by atoms with Crippen molar-refractivity contribution in [2.75, 3.05) is 13.2 Å². The molecule has 9 atom stereocenters. The van der Waals surface area contributed by atoms with Gasteiger partial charge in [0.1, 0.15) is 36.6 Å². The van der Waals surface area contributed by atoms with E-state index in [1.165, 1.54) is 167 Å². The first-order valence-corrected chi connectivity index (χ1v) is 31.0. The molecule has 9 unspecified atom stereocenters. The number of nitrogens with one attached hydrogen (secondary N) is 1. The average molecular weight is 1050 g/mol. The fraction of sp³-hybridized carbons (Fsp3) is 0.857. The van der Waals surface area contributed by atoms with Crippen LogP contribution in [0.1, 0.15) is 277 Å². The Hall–Kier alpha value is -1.93. The summed E-state index contributed by atoms with van der Waals surface area (Å²) < 4.78 is 11.1. The summed E-state index contributed by atoms with van der Waals surface area (Å²) in [7, 11) is 0. The van der Waals surface area contributed by atoms with E-state index in [1.54, 1.807) is 0 Å². The van der Waals surface area contributed by atoms with Crippen molar-refractivity contribution in [2.45, 2.75) is 332 Å². The van der Waals surface area contributed by atoms with Crippen LogP contribution in [0.5, 0.6) is 0 Å². The molecule has 0 radical (unpaired) electrons. The molecule has 434 valence electrons. The van der Waals surface area contributed by atoms with Crippen molar-refractivity contribution in [1.82, 2.24) is 5.32 Å². The zero-order chi connectivity index (χ0) is 54.0. The first-order valence-electron chi connectivity index (χ1n) is 31.0. The molecule has 0 aliphatic carbocycles. The Morgan fingerprint density at radius 3 is 1.20 bits per heavy atom. The highest BCUT2D eigenvalue weighted by Gasteiger charge is 2.44. The quantitative estimate of drug-likeness (QED) is 0.0215. The van der Waals surface area contributed by atoms with Crippen LogP contribution in [0.15, 0.2) is 48.6 Å². The van der Waals surface area contributed by atoms with Crippen molar-refractivity contribution in [3.63, 3.8) is 0 Å². The van der Waals surface area contributed by atoms with Gasteiger partial charge in [-0.25, -0.2) is 0 Å². The van der Waals surface area contributed by atoms with Gasteiger partial charge in [-0.1, -0.05) is 236 Å². The Labute approximate surface area is 453 Å². The summed E-state index contributed by atoms with van der Waals surface area (Å²) >= 11 is 0. The SMILES string of the molecule is CCCCCCCCCCC/C=C\CCCCCCCCC(O)C(=O)NC(COC1OC(CO)C(O)C(O)C1O)C(O)C(O)CCC/C=C/CC/C=C/CC/C=C/CCCCCCCCCCCCCCCCC. The Morgan fingerprint density at radius 2 is 0.811 bits per heavy atom. The van der Waals surface area contributed by atoms with Gasteiger partial charge in [-0.2, -0.15) is 0 Å². The molecule has 0 saturated carbocycles. The standard InChI is InChI=1S/C63H117NO10/c1-3-5-7-9-11-13-15-17-19-21-23-24-25-26-27-28-29-30-31-33-34-36-38-40-42-44-46-48-50-55(66)58(68)54(53-73-63-61(71)60(70)59(69)57(52-65)74-63)64-62(72)56(67)51-49-47-45-43-41-39-37-35-32-22-20-18-16-14-12-10-8-6-4-2/h29-30,32,34-36,42,44,54-61,63,65-71H,3-28,31,33,37-41,43,45-53H2,1-2H3,(H,64,72)/b30-29+,35-32-,36-34+,44-42+. The molecular weight excluding hydrogens is 931 g/mol. The zero-order valence-electron chi connectivity index (χ0n) is 47.6. The molecule has 8 N–H and O–H groups in total. The molecule has 1 heterocycles. The lowest BCUT2D eigenvalue weighted by Crippen LogP contribution is -2.60. The van der Waals surface area contributed by atoms with Gasteiger partial charge in [-0.15, -0.1) is 0 Å². The normalized spacial score (nSPS) is 20.1. The van der Waals surface area contributed by atoms with Gasteiger partial charge in [0.05, 0.1) is 25.4 Å². The van der Waals surface area contributed by atoms with E-state index in [9.17, 15) is 40.5 Å². The fourth-order valence-corrected chi connectivity index (χ4v) is 9.76. The molecule has 1 fully saturated rings. The second-order valence-corrected chi connectivity index (χ2v) is 21.7. The average Bonchev–Trinajstić information content (AvgIpc) is 3.40. The molecule has 0 aromatic heterocycles. The molecule has 74 heavy (non-hydrogen) atoms. The maximum absolute atomic E-state index is 13.2. The van der Waals surface area contributed by atoms with Crippen LogP contribution in [-0.2, 0) is 14.3 Å². The van der Waals surface area contributed by atoms with Crippen LogP contribution in [0.2, 0.25) is 0 Å². The first-order chi connectivity index (χ1) is 36.2. The maximum atomic E-state index is 13.2. The second kappa shape index (κ2) is 51.8. The lowest BCUT2D eigenvalue weighted by atomic mass is 9.98. The van der Waals surface area contributed by atoms with E-state index in [1.807, 2.05) is 0 Å². The second-order valence-electron chi connectivity index (χ2n) is 21.7. The molecule has 1 amide bonds. The molecular formula is C63H117NO10. The number of hydrogen-bond donors (Lipinski definition) is 8. The number of amides is 1. The Balaban J connectivity index is 2.32. The third kappa shape index (κ3) is 39.4. The third-order valence-electron chi connectivity index (χ3n) is 14.8. The molecule has 11 heteroatoms. The minimum Gasteiger partial charge on any atom is -0.394 e. The van der Waals surface area contributed by atoms with Crippen molar-refractivity contribution in [2.24, 2.45) is 0 Å². The van der Waals surface area contributed by atoms with E-state index in [0.717, 1.165) is 64.2 Å². The van der Waals surface area contributed by atoms with Crippen LogP contribution in [0, 0.1) is 0 Å². The van der Waals surface area contributed by atoms with Crippen molar-refractivity contribution in [1.29, 1.82) is 0 Å². The number of aliphatic hydroxyl groups excluding tert-OH is 7. The maximum Gasteiger partial charge on any atom is 0.249 e. The highest BCUT2D eigenvalue weighted by atomic mass is 16.7. The minimum atomic E-state index is -1.68. The number of carbonyl (C=O) groups excluding carboxylic acids is 1. The van der Waals surface area contributed by atoms with Gasteiger partial charge in [0.25, 0.3) is 0 Å². The van der Waals surface area contributed by atoms with E-state index < -0.39 is 74.2 Å². The summed E-state index contributed by atoms with van der Waals surface area (Å²) in [5.41, 5.74) is 0.